The van der Waals surface area contributed by atoms with Crippen LogP contribution in [0.2, 0.25) is 0 Å². The number of nitrogens with zero attached hydrogens (tertiary/aromatic N) is 2. The Labute approximate surface area is 182 Å². The first-order chi connectivity index (χ1) is 11.4. The Morgan fingerprint density at radius 2 is 2.00 bits per heavy atom. The summed E-state index contributed by atoms with van der Waals surface area (Å²) in [4.78, 5) is 8.02. The van der Waals surface area contributed by atoms with E-state index in [9.17, 15) is 0 Å². The van der Waals surface area contributed by atoms with Crippen LogP contribution in [-0.2, 0) is 0 Å². The summed E-state index contributed by atoms with van der Waals surface area (Å²) in [5.41, 5.74) is 0. The van der Waals surface area contributed by atoms with E-state index in [0.717, 1.165) is 29.4 Å². The highest BCUT2D eigenvalue weighted by molar-refractivity contribution is 14.0. The lowest BCUT2D eigenvalue weighted by Gasteiger charge is -2.26. The first kappa shape index (κ1) is 23.0. The molecule has 0 spiro atoms. The van der Waals surface area contributed by atoms with Gasteiger partial charge < -0.3 is 15.5 Å². The van der Waals surface area contributed by atoms with Gasteiger partial charge >= 0.3 is 0 Å². The topological polar surface area (TPSA) is 39.7 Å². The normalized spacial score (nSPS) is 18.8. The van der Waals surface area contributed by atoms with Crippen LogP contribution in [0, 0.1) is 5.92 Å². The predicted molar refractivity (Wildman–Crippen MR) is 124 cm³/mol. The van der Waals surface area contributed by atoms with E-state index in [2.05, 4.69) is 81.6 Å². The molecule has 1 aliphatic heterocycles. The summed E-state index contributed by atoms with van der Waals surface area (Å²) in [7, 11) is 4.03. The fraction of sp³-hybridized carbons (Fsp3) is 0.611. The van der Waals surface area contributed by atoms with E-state index in [1.54, 1.807) is 0 Å². The third-order valence-corrected chi connectivity index (χ3v) is 5.89. The molecule has 1 aliphatic rings. The number of halogens is 2. The molecule has 2 N–H and O–H groups in total. The first-order valence-corrected chi connectivity index (χ1v) is 10.1. The molecule has 7 heteroatoms. The number of nitrogens with one attached hydrogen (secondary N) is 2. The molecule has 0 radical (unpaired) electrons. The zero-order valence-electron chi connectivity index (χ0n) is 15.5. The molecule has 0 aromatic heterocycles. The van der Waals surface area contributed by atoms with Crippen molar-refractivity contribution in [2.24, 2.45) is 10.9 Å². The van der Waals surface area contributed by atoms with Crippen LogP contribution in [0.5, 0.6) is 0 Å². The Balaban J connectivity index is 0.00000312. The van der Waals surface area contributed by atoms with Crippen LogP contribution in [0.25, 0.3) is 0 Å². The van der Waals surface area contributed by atoms with Gasteiger partial charge in [0.25, 0.3) is 0 Å². The second kappa shape index (κ2) is 11.0. The van der Waals surface area contributed by atoms with Crippen molar-refractivity contribution >= 4 is 57.6 Å². The standard InChI is InChI=1S/C18H29BrN4S.HI/c1-18(2,24-16-7-5-15(19)6-8-16)13-22-17(20-3)21-11-14-9-10-23(4)12-14;/h5-8,14H,9-13H2,1-4H3,(H2,20,21,22);1H. The molecule has 1 aromatic carbocycles. The molecule has 1 unspecified atom stereocenters. The second-order valence-corrected chi connectivity index (χ2v) is 9.74. The Morgan fingerprint density at radius 1 is 1.32 bits per heavy atom. The summed E-state index contributed by atoms with van der Waals surface area (Å²) >= 11 is 5.36. The van der Waals surface area contributed by atoms with E-state index < -0.39 is 0 Å². The number of benzene rings is 1. The lowest BCUT2D eigenvalue weighted by Crippen LogP contribution is -2.44. The maximum Gasteiger partial charge on any atom is 0.191 e. The van der Waals surface area contributed by atoms with E-state index in [1.165, 1.54) is 24.4 Å². The van der Waals surface area contributed by atoms with E-state index in [-0.39, 0.29) is 28.7 Å². The van der Waals surface area contributed by atoms with Gasteiger partial charge in [0.2, 0.25) is 0 Å². The lowest BCUT2D eigenvalue weighted by atomic mass is 10.1. The Kier molecular flexibility index (Phi) is 10.1. The Morgan fingerprint density at radius 3 is 2.56 bits per heavy atom. The van der Waals surface area contributed by atoms with Crippen molar-refractivity contribution in [1.82, 2.24) is 15.5 Å². The minimum Gasteiger partial charge on any atom is -0.356 e. The van der Waals surface area contributed by atoms with Gasteiger partial charge in [-0.3, -0.25) is 4.99 Å². The smallest absolute Gasteiger partial charge is 0.191 e. The monoisotopic (exact) mass is 540 g/mol. The maximum atomic E-state index is 4.36. The molecule has 25 heavy (non-hydrogen) atoms. The Bertz CT molecular complexity index is 551. The summed E-state index contributed by atoms with van der Waals surface area (Å²) in [6.45, 7) is 8.74. The molecule has 142 valence electrons. The van der Waals surface area contributed by atoms with Crippen molar-refractivity contribution in [1.29, 1.82) is 0 Å². The molecule has 1 aromatic rings. The SMILES string of the molecule is CN=C(NCC1CCN(C)C1)NCC(C)(C)Sc1ccc(Br)cc1.I. The van der Waals surface area contributed by atoms with Gasteiger partial charge in [0.15, 0.2) is 5.96 Å². The van der Waals surface area contributed by atoms with Gasteiger partial charge in [-0.15, -0.1) is 35.7 Å². The van der Waals surface area contributed by atoms with Crippen LogP contribution < -0.4 is 10.6 Å². The largest absolute Gasteiger partial charge is 0.356 e. The van der Waals surface area contributed by atoms with Crippen molar-refractivity contribution < 1.29 is 0 Å². The van der Waals surface area contributed by atoms with Gasteiger partial charge in [-0.25, -0.2) is 0 Å². The molecule has 1 atom stereocenters. The molecule has 0 amide bonds. The van der Waals surface area contributed by atoms with Crippen LogP contribution in [-0.4, -0.2) is 55.9 Å². The van der Waals surface area contributed by atoms with Crippen LogP contribution in [0.15, 0.2) is 38.6 Å². The molecule has 1 saturated heterocycles. The summed E-state index contributed by atoms with van der Waals surface area (Å²) < 4.78 is 1.20. The van der Waals surface area contributed by atoms with Crippen molar-refractivity contribution in [2.75, 3.05) is 40.3 Å². The van der Waals surface area contributed by atoms with Gasteiger partial charge in [0.05, 0.1) is 0 Å². The van der Waals surface area contributed by atoms with E-state index in [4.69, 9.17) is 0 Å². The first-order valence-electron chi connectivity index (χ1n) is 8.45. The van der Waals surface area contributed by atoms with Crippen LogP contribution in [0.3, 0.4) is 0 Å². The fourth-order valence-corrected chi connectivity index (χ4v) is 4.13. The second-order valence-electron chi connectivity index (χ2n) is 7.04. The van der Waals surface area contributed by atoms with Gasteiger partial charge in [0.1, 0.15) is 0 Å². The summed E-state index contributed by atoms with van der Waals surface area (Å²) in [5, 5.41) is 6.94. The molecule has 1 heterocycles. The minimum atomic E-state index is 0. The summed E-state index contributed by atoms with van der Waals surface area (Å²) in [5.74, 6) is 1.62. The van der Waals surface area contributed by atoms with Crippen LogP contribution in [0.4, 0.5) is 0 Å². The van der Waals surface area contributed by atoms with Crippen molar-refractivity contribution in [3.63, 3.8) is 0 Å². The summed E-state index contributed by atoms with van der Waals surface area (Å²) in [6, 6.07) is 8.48. The van der Waals surface area contributed by atoms with Gasteiger partial charge in [0, 0.05) is 40.8 Å². The average Bonchev–Trinajstić information content (AvgIpc) is 2.95. The van der Waals surface area contributed by atoms with E-state index in [0.29, 0.717) is 0 Å². The van der Waals surface area contributed by atoms with Gasteiger partial charge in [-0.2, -0.15) is 0 Å². The molecule has 2 rings (SSSR count). The van der Waals surface area contributed by atoms with Gasteiger partial charge in [-0.05, 0) is 64.0 Å². The summed E-state index contributed by atoms with van der Waals surface area (Å²) in [6.07, 6.45) is 1.27. The maximum absolute atomic E-state index is 4.36. The highest BCUT2D eigenvalue weighted by Crippen LogP contribution is 2.32. The Hall–Kier alpha value is 0.01000. The highest BCUT2D eigenvalue weighted by atomic mass is 127. The molecule has 1 fully saturated rings. The van der Waals surface area contributed by atoms with E-state index >= 15 is 0 Å². The lowest BCUT2D eigenvalue weighted by molar-refractivity contribution is 0.394. The fourth-order valence-electron chi connectivity index (χ4n) is 2.81. The molecular weight excluding hydrogens is 511 g/mol. The van der Waals surface area contributed by atoms with Crippen molar-refractivity contribution in [2.45, 2.75) is 29.9 Å². The number of hydrogen-bond acceptors (Lipinski definition) is 3. The number of aliphatic imine (C=N–C) groups is 1. The number of thioether (sulfide) groups is 1. The van der Waals surface area contributed by atoms with Gasteiger partial charge in [-0.1, -0.05) is 15.9 Å². The molecule has 0 bridgehead atoms. The quantitative estimate of drug-likeness (QED) is 0.247. The number of hydrogen-bond donors (Lipinski definition) is 2. The third kappa shape index (κ3) is 8.49. The average molecular weight is 541 g/mol. The zero-order valence-corrected chi connectivity index (χ0v) is 20.2. The number of guanidine groups is 1. The molecule has 0 aliphatic carbocycles. The molecular formula is C18H30BrIN4S. The van der Waals surface area contributed by atoms with Crippen LogP contribution >= 0.6 is 51.7 Å². The van der Waals surface area contributed by atoms with Crippen molar-refractivity contribution in [3.05, 3.63) is 28.7 Å². The third-order valence-electron chi connectivity index (χ3n) is 4.16. The predicted octanol–water partition coefficient (Wildman–Crippen LogP) is 4.05. The molecule has 4 nitrogen and oxygen atoms in total. The molecule has 0 saturated carbocycles. The minimum absolute atomic E-state index is 0. The highest BCUT2D eigenvalue weighted by Gasteiger charge is 2.21. The van der Waals surface area contributed by atoms with Crippen molar-refractivity contribution in [3.8, 4) is 0 Å². The number of likely N-dealkylation sites (tertiary alicyclic amines) is 1. The van der Waals surface area contributed by atoms with Crippen LogP contribution in [0.1, 0.15) is 20.3 Å². The zero-order chi connectivity index (χ0) is 17.6. The number of rotatable bonds is 6. The van der Waals surface area contributed by atoms with E-state index in [1.807, 2.05) is 18.8 Å².